The maximum atomic E-state index is 10.5. The van der Waals surface area contributed by atoms with Gasteiger partial charge < -0.3 is 30.6 Å². The molecule has 0 unspecified atom stereocenters. The normalized spacial score (nSPS) is 23.9. The number of carbonyl (C=O) groups is 2. The molecule has 0 aromatic carbocycles. The third-order valence-corrected chi connectivity index (χ3v) is 3.45. The van der Waals surface area contributed by atoms with Crippen molar-refractivity contribution in [2.24, 2.45) is 0 Å². The van der Waals surface area contributed by atoms with Crippen LogP contribution in [0.2, 0.25) is 0 Å². The highest BCUT2D eigenvalue weighted by atomic mass is 35.5. The van der Waals surface area contributed by atoms with Crippen molar-refractivity contribution < 1.29 is 40.2 Å². The largest absolute Gasteiger partial charge is 0.479 e. The second-order valence-electron chi connectivity index (χ2n) is 2.96. The number of hydrogen-bond acceptors (Lipinski definition) is 6. The average Bonchev–Trinajstić information content (AvgIpc) is 2.15. The Bertz CT molecular complexity index is 338. The topological polar surface area (TPSA) is 156 Å². The molecule has 0 aliphatic carbocycles. The zero-order chi connectivity index (χ0) is 14.2. The van der Waals surface area contributed by atoms with Gasteiger partial charge in [-0.25, -0.2) is 9.59 Å². The smallest absolute Gasteiger partial charge is 0.356 e. The highest BCUT2D eigenvalue weighted by Crippen LogP contribution is 2.44. The van der Waals surface area contributed by atoms with Crippen LogP contribution in [0.5, 0.6) is 0 Å². The maximum Gasteiger partial charge on any atom is 0.356 e. The lowest BCUT2D eigenvalue weighted by molar-refractivity contribution is -0.198. The molecule has 0 fully saturated rings. The molecule has 17 heavy (non-hydrogen) atoms. The number of hydrogen-bond donors (Lipinski definition) is 6. The summed E-state index contributed by atoms with van der Waals surface area (Å²) in [6, 6.07) is 0. The van der Waals surface area contributed by atoms with Crippen molar-refractivity contribution in [3.8, 4) is 0 Å². The maximum absolute atomic E-state index is 10.5. The number of aliphatic carboxylic acids is 2. The van der Waals surface area contributed by atoms with Gasteiger partial charge in [-0.1, -0.05) is 34.8 Å². The van der Waals surface area contributed by atoms with Crippen molar-refractivity contribution >= 4 is 46.7 Å². The molecular formula is C6H7Cl3O8. The Morgan fingerprint density at radius 2 is 1.35 bits per heavy atom. The summed E-state index contributed by atoms with van der Waals surface area (Å²) < 4.78 is 0. The highest BCUT2D eigenvalue weighted by molar-refractivity contribution is 6.44. The Kier molecular flexibility index (Phi) is 4.63. The predicted molar refractivity (Wildman–Crippen MR) is 53.7 cm³/mol. The van der Waals surface area contributed by atoms with Crippen LogP contribution in [-0.2, 0) is 9.59 Å². The van der Waals surface area contributed by atoms with Crippen molar-refractivity contribution in [2.75, 3.05) is 0 Å². The summed E-state index contributed by atoms with van der Waals surface area (Å²) in [6.07, 6.45) is -2.92. The second kappa shape index (κ2) is 4.73. The van der Waals surface area contributed by atoms with Gasteiger partial charge in [0.2, 0.25) is 10.1 Å². The van der Waals surface area contributed by atoms with Gasteiger partial charge in [0.05, 0.1) is 0 Å². The van der Waals surface area contributed by atoms with E-state index in [4.69, 9.17) is 55.2 Å². The number of carboxylic acids is 2. The lowest BCUT2D eigenvalue weighted by Gasteiger charge is -2.40. The van der Waals surface area contributed by atoms with Gasteiger partial charge in [0.25, 0.3) is 5.06 Å². The average molecular weight is 313 g/mol. The standard InChI is InChI=1S/C6H7Cl3O8/c7-4(15,1(10)2(11)12)6(9,17)5(8,16)3(13)14/h1,10,15-17H,(H,11,12)(H,13,14)/t1-,4+,5-,6-/m1/s1. The van der Waals surface area contributed by atoms with Gasteiger partial charge >= 0.3 is 11.9 Å². The first kappa shape index (κ1) is 16.6. The van der Waals surface area contributed by atoms with Gasteiger partial charge in [0.15, 0.2) is 6.10 Å². The van der Waals surface area contributed by atoms with Crippen molar-refractivity contribution in [3.63, 3.8) is 0 Å². The minimum atomic E-state index is -3.80. The number of halogens is 3. The van der Waals surface area contributed by atoms with Crippen molar-refractivity contribution in [3.05, 3.63) is 0 Å². The van der Waals surface area contributed by atoms with Crippen LogP contribution in [0.4, 0.5) is 0 Å². The van der Waals surface area contributed by atoms with E-state index in [0.29, 0.717) is 0 Å². The summed E-state index contributed by atoms with van der Waals surface area (Å²) in [5.41, 5.74) is 0. The molecule has 0 aromatic rings. The molecule has 0 aliphatic heterocycles. The van der Waals surface area contributed by atoms with Crippen molar-refractivity contribution in [1.29, 1.82) is 0 Å². The molecule has 0 radical (unpaired) electrons. The zero-order valence-corrected chi connectivity index (χ0v) is 9.98. The quantitative estimate of drug-likeness (QED) is 0.328. The fourth-order valence-corrected chi connectivity index (χ4v) is 1.33. The number of aliphatic hydroxyl groups excluding tert-OH is 1. The van der Waals surface area contributed by atoms with Crippen molar-refractivity contribution in [2.45, 2.75) is 21.3 Å². The molecule has 8 nitrogen and oxygen atoms in total. The molecule has 0 saturated heterocycles. The molecule has 0 saturated carbocycles. The molecule has 100 valence electrons. The van der Waals surface area contributed by atoms with E-state index in [-0.39, 0.29) is 0 Å². The Morgan fingerprint density at radius 1 is 1.00 bits per heavy atom. The minimum Gasteiger partial charge on any atom is -0.479 e. The van der Waals surface area contributed by atoms with Crippen LogP contribution in [0, 0.1) is 0 Å². The van der Waals surface area contributed by atoms with E-state index >= 15 is 0 Å². The van der Waals surface area contributed by atoms with Gasteiger partial charge in [-0.2, -0.15) is 0 Å². The molecule has 0 aromatic heterocycles. The van der Waals surface area contributed by atoms with Crippen LogP contribution in [0.25, 0.3) is 0 Å². The fraction of sp³-hybridized carbons (Fsp3) is 0.667. The van der Waals surface area contributed by atoms with Crippen LogP contribution in [-0.4, -0.2) is 63.9 Å². The van der Waals surface area contributed by atoms with Crippen LogP contribution in [0.3, 0.4) is 0 Å². The SMILES string of the molecule is O=C(O)[C@@H](O)[C@@](O)(Cl)[C@](O)(Cl)[C@@](O)(Cl)C(=O)O. The summed E-state index contributed by atoms with van der Waals surface area (Å²) in [4.78, 5) is 20.8. The summed E-state index contributed by atoms with van der Waals surface area (Å²) in [5, 5.41) is 42.3. The van der Waals surface area contributed by atoms with E-state index < -0.39 is 33.2 Å². The van der Waals surface area contributed by atoms with Gasteiger partial charge in [-0.15, -0.1) is 0 Å². The first-order valence-electron chi connectivity index (χ1n) is 3.68. The molecule has 0 spiro atoms. The predicted octanol–water partition coefficient (Wildman–Crippen LogP) is -1.70. The molecule has 0 bridgehead atoms. The van der Waals surface area contributed by atoms with Gasteiger partial charge in [-0.05, 0) is 0 Å². The highest BCUT2D eigenvalue weighted by Gasteiger charge is 2.68. The Labute approximate surface area is 109 Å². The second-order valence-corrected chi connectivity index (χ2v) is 4.63. The van der Waals surface area contributed by atoms with Crippen molar-refractivity contribution in [1.82, 2.24) is 0 Å². The Hall–Kier alpha value is -0.350. The van der Waals surface area contributed by atoms with E-state index in [1.807, 2.05) is 0 Å². The Morgan fingerprint density at radius 3 is 1.59 bits per heavy atom. The van der Waals surface area contributed by atoms with Gasteiger partial charge in [-0.3, -0.25) is 0 Å². The summed E-state index contributed by atoms with van der Waals surface area (Å²) in [7, 11) is 0. The third-order valence-electron chi connectivity index (χ3n) is 1.78. The summed E-state index contributed by atoms with van der Waals surface area (Å²) in [6.45, 7) is 0. The molecular weight excluding hydrogens is 306 g/mol. The molecule has 4 atom stereocenters. The lowest BCUT2D eigenvalue weighted by atomic mass is 10.0. The van der Waals surface area contributed by atoms with Crippen LogP contribution >= 0.6 is 34.8 Å². The van der Waals surface area contributed by atoms with E-state index in [0.717, 1.165) is 0 Å². The minimum absolute atomic E-state index is 2.14. The number of alkyl halides is 3. The van der Waals surface area contributed by atoms with Crippen LogP contribution < -0.4 is 0 Å². The van der Waals surface area contributed by atoms with E-state index in [1.165, 1.54) is 0 Å². The molecule has 0 rings (SSSR count). The molecule has 11 heteroatoms. The van der Waals surface area contributed by atoms with Gasteiger partial charge in [0.1, 0.15) is 0 Å². The van der Waals surface area contributed by atoms with Gasteiger partial charge in [0, 0.05) is 0 Å². The van der Waals surface area contributed by atoms with Crippen LogP contribution in [0.1, 0.15) is 0 Å². The molecule has 6 N–H and O–H groups in total. The monoisotopic (exact) mass is 312 g/mol. The number of rotatable bonds is 5. The lowest BCUT2D eigenvalue weighted by Crippen LogP contribution is -2.68. The number of carboxylic acid groups (broad SMARTS) is 2. The number of aliphatic hydroxyl groups is 4. The van der Waals surface area contributed by atoms with Crippen LogP contribution in [0.15, 0.2) is 0 Å². The van der Waals surface area contributed by atoms with E-state index in [2.05, 4.69) is 0 Å². The van der Waals surface area contributed by atoms with E-state index in [9.17, 15) is 19.8 Å². The molecule has 0 aliphatic rings. The summed E-state index contributed by atoms with van der Waals surface area (Å²) >= 11 is 15.0. The zero-order valence-electron chi connectivity index (χ0n) is 7.71. The van der Waals surface area contributed by atoms with E-state index in [1.54, 1.807) is 0 Å². The summed E-state index contributed by atoms with van der Waals surface area (Å²) in [5.74, 6) is -4.47. The molecule has 0 heterocycles. The molecule has 0 amide bonds. The first-order valence-corrected chi connectivity index (χ1v) is 4.81. The third kappa shape index (κ3) is 2.58. The Balaban J connectivity index is 5.59. The fourth-order valence-electron chi connectivity index (χ4n) is 0.719. The first-order chi connectivity index (χ1) is 7.30.